The Kier molecular flexibility index (Phi) is 3.78. The Morgan fingerprint density at radius 3 is 2.41 bits per heavy atom. The molecule has 0 aromatic carbocycles. The first-order valence-electron chi connectivity index (χ1n) is 11.8. The maximum absolute atomic E-state index is 14.0. The molecule has 4 nitrogen and oxygen atoms in total. The lowest BCUT2D eigenvalue weighted by atomic mass is 9.42. The summed E-state index contributed by atoms with van der Waals surface area (Å²) in [5.41, 5.74) is -1.20. The minimum atomic E-state index is -0.628. The monoisotopic (exact) mass is 402 g/mol. The van der Waals surface area contributed by atoms with Gasteiger partial charge in [-0.3, -0.25) is 9.59 Å². The first-order valence-corrected chi connectivity index (χ1v) is 11.8. The van der Waals surface area contributed by atoms with Crippen LogP contribution in [0.5, 0.6) is 0 Å². The summed E-state index contributed by atoms with van der Waals surface area (Å²) in [5, 5.41) is 0. The van der Waals surface area contributed by atoms with Crippen LogP contribution in [0.1, 0.15) is 87.0 Å². The zero-order chi connectivity index (χ0) is 21.2. The zero-order valence-electron chi connectivity index (χ0n) is 19.3. The second-order valence-electron chi connectivity index (χ2n) is 12.7. The molecule has 5 fully saturated rings. The van der Waals surface area contributed by atoms with Gasteiger partial charge in [-0.25, -0.2) is 0 Å². The molecule has 1 unspecified atom stereocenters. The molecule has 1 aliphatic heterocycles. The average molecular weight is 403 g/mol. The third-order valence-corrected chi connectivity index (χ3v) is 10.2. The number of Topliss-reactive ketones (excluding diaryl/α,β-unsaturated/α-hetero) is 1. The highest BCUT2D eigenvalue weighted by atomic mass is 16.6. The van der Waals surface area contributed by atoms with Gasteiger partial charge in [0.05, 0.1) is 11.0 Å². The number of hydrogen-bond donors (Lipinski definition) is 0. The van der Waals surface area contributed by atoms with Crippen molar-refractivity contribution >= 4 is 11.8 Å². The molecule has 29 heavy (non-hydrogen) atoms. The van der Waals surface area contributed by atoms with Crippen LogP contribution in [0.2, 0.25) is 0 Å². The normalized spacial score (nSPS) is 55.6. The molecule has 0 N–H and O–H groups in total. The van der Waals surface area contributed by atoms with E-state index in [1.165, 1.54) is 0 Å². The molecular weight excluding hydrogens is 364 g/mol. The average Bonchev–Trinajstić information content (AvgIpc) is 3.07. The van der Waals surface area contributed by atoms with Crippen molar-refractivity contribution in [3.63, 3.8) is 0 Å². The number of carbonyl (C=O) groups is 2. The Morgan fingerprint density at radius 1 is 1.07 bits per heavy atom. The summed E-state index contributed by atoms with van der Waals surface area (Å²) in [6.07, 6.45) is 5.55. The second-order valence-corrected chi connectivity index (χ2v) is 12.7. The third-order valence-electron chi connectivity index (χ3n) is 10.2. The van der Waals surface area contributed by atoms with E-state index in [4.69, 9.17) is 9.47 Å². The number of epoxide rings is 1. The van der Waals surface area contributed by atoms with Gasteiger partial charge in [-0.2, -0.15) is 0 Å². The van der Waals surface area contributed by atoms with Gasteiger partial charge in [0.25, 0.3) is 0 Å². The molecule has 162 valence electrons. The van der Waals surface area contributed by atoms with Gasteiger partial charge in [-0.15, -0.1) is 0 Å². The first kappa shape index (κ1) is 20.0. The predicted octanol–water partition coefficient (Wildman–Crippen LogP) is 4.93. The van der Waals surface area contributed by atoms with E-state index in [1.807, 2.05) is 20.8 Å². The SMILES string of the molecule is C[C@H]1CC[C@@H]2C(=O)[C@H](OC(=O)C(C)(C)C)[C@@]3(C)CC[C@@]45O[C@]4(C)CCC1[C@]2(C)[C@@H]35. The smallest absolute Gasteiger partial charge is 0.311 e. The van der Waals surface area contributed by atoms with Gasteiger partial charge in [-0.1, -0.05) is 20.8 Å². The van der Waals surface area contributed by atoms with Crippen molar-refractivity contribution in [2.75, 3.05) is 0 Å². The fourth-order valence-corrected chi connectivity index (χ4v) is 8.78. The maximum atomic E-state index is 14.0. The fourth-order valence-electron chi connectivity index (χ4n) is 8.78. The highest BCUT2D eigenvalue weighted by molar-refractivity contribution is 5.91. The Hall–Kier alpha value is -0.900. The van der Waals surface area contributed by atoms with Gasteiger partial charge in [0.1, 0.15) is 5.60 Å². The first-order chi connectivity index (χ1) is 13.3. The highest BCUT2D eigenvalue weighted by Gasteiger charge is 2.84. The van der Waals surface area contributed by atoms with Gasteiger partial charge < -0.3 is 9.47 Å². The zero-order valence-corrected chi connectivity index (χ0v) is 19.3. The van der Waals surface area contributed by atoms with Crippen molar-refractivity contribution in [1.29, 1.82) is 0 Å². The van der Waals surface area contributed by atoms with E-state index < -0.39 is 11.5 Å². The molecular formula is C25H38O4. The van der Waals surface area contributed by atoms with Gasteiger partial charge in [0.15, 0.2) is 11.9 Å². The molecule has 0 amide bonds. The van der Waals surface area contributed by atoms with Crippen molar-refractivity contribution in [3.05, 3.63) is 0 Å². The minimum absolute atomic E-state index is 0.0129. The summed E-state index contributed by atoms with van der Waals surface area (Å²) in [7, 11) is 0. The molecule has 1 spiro atoms. The summed E-state index contributed by atoms with van der Waals surface area (Å²) >= 11 is 0. The topological polar surface area (TPSA) is 55.9 Å². The van der Waals surface area contributed by atoms with E-state index in [1.54, 1.807) is 0 Å². The van der Waals surface area contributed by atoms with Crippen LogP contribution in [-0.2, 0) is 19.1 Å². The molecule has 4 saturated carbocycles. The van der Waals surface area contributed by atoms with E-state index >= 15 is 0 Å². The van der Waals surface area contributed by atoms with Crippen LogP contribution in [-0.4, -0.2) is 29.1 Å². The standard InChI is InChI=1S/C25H38O4/c1-14-8-9-16-17(26)18(28-20(27)21(2,3)4)22(5)12-13-25-19(22)24(16,7)15(14)10-11-23(25,6)29-25/h14-16,18-19H,8-13H2,1-7H3/t14-,15?,16+,18-,19+,22+,23+,24-,25-/m0/s1. The van der Waals surface area contributed by atoms with Gasteiger partial charge in [-0.05, 0) is 83.5 Å². The number of esters is 1. The fraction of sp³-hybridized carbons (Fsp3) is 0.920. The van der Waals surface area contributed by atoms with Crippen LogP contribution in [0.25, 0.3) is 0 Å². The van der Waals surface area contributed by atoms with Crippen LogP contribution in [0.4, 0.5) is 0 Å². The van der Waals surface area contributed by atoms with E-state index in [2.05, 4.69) is 27.7 Å². The minimum Gasteiger partial charge on any atom is -0.453 e. The molecule has 4 aliphatic carbocycles. The van der Waals surface area contributed by atoms with Gasteiger partial charge >= 0.3 is 5.97 Å². The van der Waals surface area contributed by atoms with E-state index in [-0.39, 0.29) is 45.6 Å². The third kappa shape index (κ3) is 2.20. The van der Waals surface area contributed by atoms with E-state index in [9.17, 15) is 9.59 Å². The lowest BCUT2D eigenvalue weighted by Crippen LogP contribution is -2.66. The summed E-state index contributed by atoms with van der Waals surface area (Å²) in [5.74, 6) is 1.40. The largest absolute Gasteiger partial charge is 0.453 e. The molecule has 4 heteroatoms. The Labute approximate surface area is 175 Å². The van der Waals surface area contributed by atoms with Crippen molar-refractivity contribution in [2.45, 2.75) is 104 Å². The summed E-state index contributed by atoms with van der Waals surface area (Å²) < 4.78 is 12.7. The maximum Gasteiger partial charge on any atom is 0.311 e. The van der Waals surface area contributed by atoms with Gasteiger partial charge in [0, 0.05) is 17.3 Å². The predicted molar refractivity (Wildman–Crippen MR) is 110 cm³/mol. The highest BCUT2D eigenvalue weighted by Crippen LogP contribution is 2.79. The van der Waals surface area contributed by atoms with Gasteiger partial charge in [0.2, 0.25) is 0 Å². The molecule has 5 rings (SSSR count). The van der Waals surface area contributed by atoms with Crippen LogP contribution < -0.4 is 0 Å². The van der Waals surface area contributed by atoms with Crippen molar-refractivity contribution in [1.82, 2.24) is 0 Å². The summed E-state index contributed by atoms with van der Waals surface area (Å²) in [6.45, 7) is 14.9. The Bertz CT molecular complexity index is 782. The number of ketones is 1. The number of ether oxygens (including phenoxy) is 2. The van der Waals surface area contributed by atoms with Crippen LogP contribution in [0, 0.1) is 39.9 Å². The van der Waals surface area contributed by atoms with Crippen molar-refractivity contribution in [2.24, 2.45) is 39.9 Å². The lowest BCUT2D eigenvalue weighted by Gasteiger charge is -2.62. The molecule has 0 aromatic heterocycles. The Balaban J connectivity index is 1.65. The second kappa shape index (κ2) is 5.47. The molecule has 0 radical (unpaired) electrons. The van der Waals surface area contributed by atoms with Crippen LogP contribution >= 0.6 is 0 Å². The van der Waals surface area contributed by atoms with Crippen molar-refractivity contribution < 1.29 is 19.1 Å². The summed E-state index contributed by atoms with van der Waals surface area (Å²) in [6, 6.07) is 0. The lowest BCUT2D eigenvalue weighted by molar-refractivity contribution is -0.205. The molecule has 0 aromatic rings. The molecule has 0 bridgehead atoms. The quantitative estimate of drug-likeness (QED) is 0.461. The van der Waals surface area contributed by atoms with Crippen LogP contribution in [0.3, 0.4) is 0 Å². The summed E-state index contributed by atoms with van der Waals surface area (Å²) in [4.78, 5) is 26.8. The van der Waals surface area contributed by atoms with Crippen LogP contribution in [0.15, 0.2) is 0 Å². The van der Waals surface area contributed by atoms with E-state index in [0.29, 0.717) is 11.8 Å². The van der Waals surface area contributed by atoms with E-state index in [0.717, 1.165) is 38.5 Å². The molecule has 1 heterocycles. The molecule has 9 atom stereocenters. The van der Waals surface area contributed by atoms with Crippen molar-refractivity contribution in [3.8, 4) is 0 Å². The number of rotatable bonds is 1. The number of carbonyl (C=O) groups excluding carboxylic acids is 2. The molecule has 5 aliphatic rings. The Morgan fingerprint density at radius 2 is 1.76 bits per heavy atom. The molecule has 1 saturated heterocycles. The number of hydrogen-bond acceptors (Lipinski definition) is 4.